The number of rotatable bonds is 6. The molecule has 0 saturated heterocycles. The molecule has 0 bridgehead atoms. The van der Waals surface area contributed by atoms with Crippen LogP contribution in [0.2, 0.25) is 5.02 Å². The molecule has 0 spiro atoms. The van der Waals surface area contributed by atoms with Crippen molar-refractivity contribution in [1.29, 1.82) is 0 Å². The maximum absolute atomic E-state index is 5.94. The van der Waals surface area contributed by atoms with Gasteiger partial charge in [0.1, 0.15) is 24.0 Å². The van der Waals surface area contributed by atoms with Gasteiger partial charge < -0.3 is 15.4 Å². The van der Waals surface area contributed by atoms with Crippen LogP contribution < -0.4 is 15.4 Å². The Morgan fingerprint density at radius 2 is 2.26 bits per heavy atom. The summed E-state index contributed by atoms with van der Waals surface area (Å²) in [6.45, 7) is 3.12. The molecule has 1 aromatic carbocycles. The summed E-state index contributed by atoms with van der Waals surface area (Å²) in [6.07, 6.45) is 1.48. The number of nitrogens with zero attached hydrogens (tertiary/aromatic N) is 4. The lowest BCUT2D eigenvalue weighted by Crippen LogP contribution is -2.41. The first-order valence-corrected chi connectivity index (χ1v) is 7.66. The fourth-order valence-corrected chi connectivity index (χ4v) is 2.10. The van der Waals surface area contributed by atoms with E-state index in [1.807, 2.05) is 32.2 Å². The number of ether oxygens (including phenoxy) is 1. The third-order valence-electron chi connectivity index (χ3n) is 3.13. The van der Waals surface area contributed by atoms with E-state index in [2.05, 4.69) is 25.7 Å². The van der Waals surface area contributed by atoms with Crippen LogP contribution in [-0.2, 0) is 13.6 Å². The predicted molar refractivity (Wildman–Crippen MR) is 90.7 cm³/mol. The zero-order valence-corrected chi connectivity index (χ0v) is 14.2. The zero-order chi connectivity index (χ0) is 16.7. The van der Waals surface area contributed by atoms with Gasteiger partial charge in [-0.15, -0.1) is 0 Å². The summed E-state index contributed by atoms with van der Waals surface area (Å²) in [5, 5.41) is 11.1. The fraction of sp³-hybridized carbons (Fsp3) is 0.400. The van der Waals surface area contributed by atoms with E-state index in [9.17, 15) is 0 Å². The minimum Gasteiger partial charge on any atom is -0.489 e. The van der Waals surface area contributed by atoms with Crippen molar-refractivity contribution in [2.24, 2.45) is 12.0 Å². The summed E-state index contributed by atoms with van der Waals surface area (Å²) in [6, 6.07) is 7.34. The van der Waals surface area contributed by atoms with Crippen molar-refractivity contribution >= 4 is 17.6 Å². The highest BCUT2D eigenvalue weighted by Gasteiger charge is 2.07. The van der Waals surface area contributed by atoms with Gasteiger partial charge in [-0.1, -0.05) is 17.7 Å². The first kappa shape index (κ1) is 17.1. The van der Waals surface area contributed by atoms with Crippen LogP contribution >= 0.6 is 11.6 Å². The molecule has 0 aliphatic rings. The minimum absolute atomic E-state index is 0.0400. The van der Waals surface area contributed by atoms with E-state index in [0.29, 0.717) is 24.1 Å². The third-order valence-corrected chi connectivity index (χ3v) is 3.37. The molecule has 7 nitrogen and oxygen atoms in total. The lowest BCUT2D eigenvalue weighted by Gasteiger charge is -2.17. The van der Waals surface area contributed by atoms with Gasteiger partial charge >= 0.3 is 0 Å². The number of guanidine groups is 1. The van der Waals surface area contributed by atoms with E-state index in [4.69, 9.17) is 16.3 Å². The van der Waals surface area contributed by atoms with E-state index in [1.54, 1.807) is 17.8 Å². The van der Waals surface area contributed by atoms with E-state index in [-0.39, 0.29) is 6.10 Å². The first-order chi connectivity index (χ1) is 11.1. The topological polar surface area (TPSA) is 76.4 Å². The molecule has 1 aromatic heterocycles. The third kappa shape index (κ3) is 5.45. The van der Waals surface area contributed by atoms with Crippen LogP contribution in [0, 0.1) is 0 Å². The van der Waals surface area contributed by atoms with E-state index < -0.39 is 0 Å². The first-order valence-electron chi connectivity index (χ1n) is 7.28. The molecule has 1 heterocycles. The Balaban J connectivity index is 1.77. The molecule has 0 fully saturated rings. The molecule has 8 heteroatoms. The average Bonchev–Trinajstić information content (AvgIpc) is 2.93. The number of aryl methyl sites for hydroxylation is 1. The molecule has 0 radical (unpaired) electrons. The number of aliphatic imine (C=N–C) groups is 1. The van der Waals surface area contributed by atoms with Crippen molar-refractivity contribution < 1.29 is 4.74 Å². The number of nitrogens with one attached hydrogen (secondary N) is 2. The number of hydrogen-bond acceptors (Lipinski definition) is 4. The van der Waals surface area contributed by atoms with Crippen LogP contribution in [0.4, 0.5) is 0 Å². The highest BCUT2D eigenvalue weighted by atomic mass is 35.5. The van der Waals surface area contributed by atoms with Crippen LogP contribution in [0.15, 0.2) is 35.6 Å². The maximum atomic E-state index is 5.94. The Bertz CT molecular complexity index is 657. The largest absolute Gasteiger partial charge is 0.489 e. The van der Waals surface area contributed by atoms with Gasteiger partial charge in [-0.2, -0.15) is 5.10 Å². The Hall–Kier alpha value is -2.28. The summed E-state index contributed by atoms with van der Waals surface area (Å²) in [5.74, 6) is 2.25. The van der Waals surface area contributed by atoms with Gasteiger partial charge in [0.2, 0.25) is 0 Å². The van der Waals surface area contributed by atoms with Gasteiger partial charge in [0.25, 0.3) is 0 Å². The standard InChI is InChI=1S/C15H21ClN6O/c1-11(23-13-6-4-5-12(16)7-13)8-18-15(17-2)19-9-14-20-10-21-22(14)3/h4-7,10-11H,8-9H2,1-3H3,(H2,17,18,19). The molecule has 1 atom stereocenters. The van der Waals surface area contributed by atoms with E-state index >= 15 is 0 Å². The van der Waals surface area contributed by atoms with Crippen molar-refractivity contribution in [1.82, 2.24) is 25.4 Å². The van der Waals surface area contributed by atoms with Crippen molar-refractivity contribution in [2.75, 3.05) is 13.6 Å². The highest BCUT2D eigenvalue weighted by molar-refractivity contribution is 6.30. The fourth-order valence-electron chi connectivity index (χ4n) is 1.92. The highest BCUT2D eigenvalue weighted by Crippen LogP contribution is 2.18. The Kier molecular flexibility index (Phi) is 6.22. The number of aromatic nitrogens is 3. The summed E-state index contributed by atoms with van der Waals surface area (Å²) in [5.41, 5.74) is 0. The number of halogens is 1. The summed E-state index contributed by atoms with van der Waals surface area (Å²) in [7, 11) is 3.57. The van der Waals surface area contributed by atoms with E-state index in [1.165, 1.54) is 6.33 Å². The second-order valence-electron chi connectivity index (χ2n) is 4.99. The molecule has 2 aromatic rings. The van der Waals surface area contributed by atoms with Crippen molar-refractivity contribution in [3.05, 3.63) is 41.4 Å². The summed E-state index contributed by atoms with van der Waals surface area (Å²) < 4.78 is 7.52. The van der Waals surface area contributed by atoms with Gasteiger partial charge in [-0.05, 0) is 25.1 Å². The Morgan fingerprint density at radius 3 is 2.91 bits per heavy atom. The molecule has 23 heavy (non-hydrogen) atoms. The minimum atomic E-state index is -0.0400. The lowest BCUT2D eigenvalue weighted by atomic mass is 10.3. The zero-order valence-electron chi connectivity index (χ0n) is 13.5. The molecule has 0 amide bonds. The van der Waals surface area contributed by atoms with Crippen LogP contribution in [-0.4, -0.2) is 40.4 Å². The number of hydrogen-bond donors (Lipinski definition) is 2. The molecular weight excluding hydrogens is 316 g/mol. The van der Waals surface area contributed by atoms with Crippen LogP contribution in [0.5, 0.6) is 5.75 Å². The average molecular weight is 337 g/mol. The molecular formula is C15H21ClN6O. The molecule has 1 unspecified atom stereocenters. The van der Waals surface area contributed by atoms with Gasteiger partial charge in [-0.3, -0.25) is 9.67 Å². The SMILES string of the molecule is CN=C(NCc1ncnn1C)NCC(C)Oc1cccc(Cl)c1. The quantitative estimate of drug-likeness (QED) is 0.619. The second-order valence-corrected chi connectivity index (χ2v) is 5.43. The van der Waals surface area contributed by atoms with Crippen molar-refractivity contribution in [3.63, 3.8) is 0 Å². The van der Waals surface area contributed by atoms with Gasteiger partial charge in [0.15, 0.2) is 5.96 Å². The predicted octanol–water partition coefficient (Wildman–Crippen LogP) is 1.60. The van der Waals surface area contributed by atoms with Gasteiger partial charge in [0, 0.05) is 19.1 Å². The van der Waals surface area contributed by atoms with Crippen LogP contribution in [0.3, 0.4) is 0 Å². The molecule has 0 aliphatic carbocycles. The molecule has 2 rings (SSSR count). The smallest absolute Gasteiger partial charge is 0.191 e. The van der Waals surface area contributed by atoms with Crippen LogP contribution in [0.25, 0.3) is 0 Å². The molecule has 0 saturated carbocycles. The normalized spacial score (nSPS) is 12.8. The summed E-state index contributed by atoms with van der Waals surface area (Å²) in [4.78, 5) is 8.32. The van der Waals surface area contributed by atoms with Gasteiger partial charge in [-0.25, -0.2) is 4.98 Å². The maximum Gasteiger partial charge on any atom is 0.191 e. The Labute approximate surface area is 140 Å². The summed E-state index contributed by atoms with van der Waals surface area (Å²) >= 11 is 5.94. The van der Waals surface area contributed by atoms with Crippen LogP contribution in [0.1, 0.15) is 12.7 Å². The van der Waals surface area contributed by atoms with E-state index in [0.717, 1.165) is 11.6 Å². The monoisotopic (exact) mass is 336 g/mol. The molecule has 0 aliphatic heterocycles. The molecule has 2 N–H and O–H groups in total. The molecule has 124 valence electrons. The second kappa shape index (κ2) is 8.38. The van der Waals surface area contributed by atoms with Crippen molar-refractivity contribution in [2.45, 2.75) is 19.6 Å². The number of benzene rings is 1. The van der Waals surface area contributed by atoms with Crippen molar-refractivity contribution in [3.8, 4) is 5.75 Å². The Morgan fingerprint density at radius 1 is 1.43 bits per heavy atom. The lowest BCUT2D eigenvalue weighted by molar-refractivity contribution is 0.224. The van der Waals surface area contributed by atoms with Gasteiger partial charge in [0.05, 0.1) is 13.1 Å².